The van der Waals surface area contributed by atoms with Crippen molar-refractivity contribution in [2.24, 2.45) is 0 Å². The smallest absolute Gasteiger partial charge is 0.318 e. The van der Waals surface area contributed by atoms with Crippen molar-refractivity contribution in [3.63, 3.8) is 0 Å². The van der Waals surface area contributed by atoms with Crippen LogP contribution in [0.15, 0.2) is 27.6 Å². The van der Waals surface area contributed by atoms with E-state index in [1.165, 1.54) is 19.2 Å². The highest BCUT2D eigenvalue weighted by Gasteiger charge is 2.28. The summed E-state index contributed by atoms with van der Waals surface area (Å²) >= 11 is 3.19. The first-order valence-corrected chi connectivity index (χ1v) is 7.61. The Morgan fingerprint density at radius 3 is 2.58 bits per heavy atom. The lowest BCUT2D eigenvalue weighted by Gasteiger charge is -2.20. The second-order valence-corrected chi connectivity index (χ2v) is 6.44. The lowest BCUT2D eigenvalue weighted by molar-refractivity contribution is -0.137. The maximum atomic E-state index is 12.4. The van der Waals surface area contributed by atoms with Crippen LogP contribution in [0.2, 0.25) is 0 Å². The molecule has 8 heteroatoms. The topological polar surface area (TPSA) is 83.9 Å². The van der Waals surface area contributed by atoms with Crippen molar-refractivity contribution < 1.29 is 23.1 Å². The van der Waals surface area contributed by atoms with Crippen LogP contribution >= 0.6 is 15.9 Å². The molecule has 0 radical (unpaired) electrons. The first-order chi connectivity index (χ1) is 8.82. The first kappa shape index (κ1) is 15.9. The molecule has 19 heavy (non-hydrogen) atoms. The van der Waals surface area contributed by atoms with Crippen LogP contribution in [0.1, 0.15) is 6.92 Å². The summed E-state index contributed by atoms with van der Waals surface area (Å²) in [5, 5.41) is 8.76. The molecule has 0 saturated heterocycles. The summed E-state index contributed by atoms with van der Waals surface area (Å²) < 4.78 is 31.2. The summed E-state index contributed by atoms with van der Waals surface area (Å²) in [5.74, 6) is -1.04. The van der Waals surface area contributed by atoms with Crippen LogP contribution in [-0.4, -0.2) is 44.0 Å². The fourth-order valence-electron chi connectivity index (χ4n) is 1.51. The molecule has 1 rings (SSSR count). The molecule has 106 valence electrons. The predicted molar refractivity (Wildman–Crippen MR) is 72.8 cm³/mol. The molecule has 0 aromatic heterocycles. The van der Waals surface area contributed by atoms with Gasteiger partial charge in [-0.25, -0.2) is 8.42 Å². The number of benzene rings is 1. The minimum Gasteiger partial charge on any atom is -0.495 e. The van der Waals surface area contributed by atoms with Gasteiger partial charge in [-0.15, -0.1) is 0 Å². The number of rotatable bonds is 6. The molecule has 6 nitrogen and oxygen atoms in total. The largest absolute Gasteiger partial charge is 0.495 e. The number of halogens is 1. The van der Waals surface area contributed by atoms with Crippen LogP contribution in [0.3, 0.4) is 0 Å². The number of carbonyl (C=O) groups is 1. The zero-order valence-electron chi connectivity index (χ0n) is 10.5. The van der Waals surface area contributed by atoms with Gasteiger partial charge in [-0.05, 0) is 18.2 Å². The van der Waals surface area contributed by atoms with Gasteiger partial charge in [0.05, 0.1) is 7.11 Å². The van der Waals surface area contributed by atoms with Crippen LogP contribution < -0.4 is 4.74 Å². The molecule has 0 atom stereocenters. The maximum Gasteiger partial charge on any atom is 0.318 e. The quantitative estimate of drug-likeness (QED) is 0.840. The lowest BCUT2D eigenvalue weighted by atomic mass is 10.3. The molecule has 1 aromatic rings. The Kier molecular flexibility index (Phi) is 5.33. The van der Waals surface area contributed by atoms with Gasteiger partial charge < -0.3 is 9.84 Å². The van der Waals surface area contributed by atoms with Crippen LogP contribution in [0, 0.1) is 0 Å². The Balaban J connectivity index is 3.32. The van der Waals surface area contributed by atoms with Crippen molar-refractivity contribution in [1.29, 1.82) is 0 Å². The van der Waals surface area contributed by atoms with E-state index in [-0.39, 0.29) is 17.2 Å². The Morgan fingerprint density at radius 1 is 1.47 bits per heavy atom. The van der Waals surface area contributed by atoms with Gasteiger partial charge in [0, 0.05) is 11.0 Å². The Morgan fingerprint density at radius 2 is 2.11 bits per heavy atom. The second kappa shape index (κ2) is 6.36. The van der Waals surface area contributed by atoms with Crippen LogP contribution in [0.4, 0.5) is 0 Å². The first-order valence-electron chi connectivity index (χ1n) is 5.38. The van der Waals surface area contributed by atoms with E-state index in [1.54, 1.807) is 13.0 Å². The fraction of sp³-hybridized carbons (Fsp3) is 0.364. The van der Waals surface area contributed by atoms with Crippen molar-refractivity contribution in [2.45, 2.75) is 11.8 Å². The minimum absolute atomic E-state index is 0.0598. The minimum atomic E-state index is -3.91. The number of carboxylic acids is 1. The van der Waals surface area contributed by atoms with Gasteiger partial charge in [-0.1, -0.05) is 22.9 Å². The van der Waals surface area contributed by atoms with Crippen molar-refractivity contribution in [3.8, 4) is 5.75 Å². The molecule has 0 heterocycles. The van der Waals surface area contributed by atoms with Gasteiger partial charge in [-0.2, -0.15) is 4.31 Å². The number of aliphatic carboxylic acids is 1. The van der Waals surface area contributed by atoms with Crippen LogP contribution in [-0.2, 0) is 14.8 Å². The molecule has 0 amide bonds. The summed E-state index contributed by atoms with van der Waals surface area (Å²) in [6.45, 7) is 1.05. The van der Waals surface area contributed by atoms with E-state index in [2.05, 4.69) is 15.9 Å². The highest BCUT2D eigenvalue weighted by Crippen LogP contribution is 2.29. The number of carboxylic acid groups (broad SMARTS) is 1. The van der Waals surface area contributed by atoms with E-state index < -0.39 is 22.5 Å². The summed E-state index contributed by atoms with van der Waals surface area (Å²) in [7, 11) is -2.56. The summed E-state index contributed by atoms with van der Waals surface area (Å²) in [4.78, 5) is 10.7. The van der Waals surface area contributed by atoms with E-state index in [0.717, 1.165) is 4.31 Å². The third-order valence-corrected chi connectivity index (χ3v) is 4.84. The van der Waals surface area contributed by atoms with Crippen molar-refractivity contribution in [2.75, 3.05) is 20.2 Å². The molecule has 0 spiro atoms. The number of hydrogen-bond acceptors (Lipinski definition) is 4. The van der Waals surface area contributed by atoms with Gasteiger partial charge in [0.1, 0.15) is 17.2 Å². The molecule has 0 aliphatic rings. The van der Waals surface area contributed by atoms with Crippen molar-refractivity contribution in [3.05, 3.63) is 22.7 Å². The average Bonchev–Trinajstić information content (AvgIpc) is 2.35. The van der Waals surface area contributed by atoms with Crippen molar-refractivity contribution >= 4 is 31.9 Å². The molecular weight excluding hydrogens is 338 g/mol. The number of methoxy groups -OCH3 is 1. The maximum absolute atomic E-state index is 12.4. The monoisotopic (exact) mass is 351 g/mol. The van der Waals surface area contributed by atoms with Gasteiger partial charge in [0.25, 0.3) is 0 Å². The standard InChI is InChI=1S/C11H14BrNO5S/c1-3-13(7-11(14)15)19(16,17)10-6-8(12)4-5-9(10)18-2/h4-6H,3,7H2,1-2H3,(H,14,15). The van der Waals surface area contributed by atoms with E-state index in [4.69, 9.17) is 9.84 Å². The zero-order valence-corrected chi connectivity index (χ0v) is 12.9. The summed E-state index contributed by atoms with van der Waals surface area (Å²) in [6.07, 6.45) is 0. The SMILES string of the molecule is CCN(CC(=O)O)S(=O)(=O)c1cc(Br)ccc1OC. The van der Waals surface area contributed by atoms with Crippen molar-refractivity contribution in [1.82, 2.24) is 4.31 Å². The Labute approximate surface area is 120 Å². The number of sulfonamides is 1. The molecule has 0 aliphatic heterocycles. The summed E-state index contributed by atoms with van der Waals surface area (Å²) in [6, 6.07) is 4.54. The Hall–Kier alpha value is -1.12. The Bertz CT molecular complexity index is 572. The van der Waals surface area contributed by atoms with Crippen LogP contribution in [0.5, 0.6) is 5.75 Å². The summed E-state index contributed by atoms with van der Waals surface area (Å²) in [5.41, 5.74) is 0. The lowest BCUT2D eigenvalue weighted by Crippen LogP contribution is -2.35. The van der Waals surface area contributed by atoms with Gasteiger partial charge in [-0.3, -0.25) is 4.79 Å². The fourth-order valence-corrected chi connectivity index (χ4v) is 3.60. The normalized spacial score (nSPS) is 11.6. The number of ether oxygens (including phenoxy) is 1. The molecule has 0 fully saturated rings. The molecular formula is C11H14BrNO5S. The molecule has 1 aromatic carbocycles. The number of nitrogens with zero attached hydrogens (tertiary/aromatic N) is 1. The average molecular weight is 352 g/mol. The number of likely N-dealkylation sites (N-methyl/N-ethyl adjacent to an activating group) is 1. The van der Waals surface area contributed by atoms with Crippen LogP contribution in [0.25, 0.3) is 0 Å². The van der Waals surface area contributed by atoms with E-state index in [1.807, 2.05) is 0 Å². The number of hydrogen-bond donors (Lipinski definition) is 1. The third kappa shape index (κ3) is 3.68. The van der Waals surface area contributed by atoms with Gasteiger partial charge >= 0.3 is 5.97 Å². The predicted octanol–water partition coefficient (Wildman–Crippen LogP) is 1.55. The van der Waals surface area contributed by atoms with Gasteiger partial charge in [0.2, 0.25) is 10.0 Å². The highest BCUT2D eigenvalue weighted by atomic mass is 79.9. The molecule has 0 bridgehead atoms. The van der Waals surface area contributed by atoms with Gasteiger partial charge in [0.15, 0.2) is 0 Å². The third-order valence-electron chi connectivity index (χ3n) is 2.41. The molecule has 0 unspecified atom stereocenters. The molecule has 0 saturated carbocycles. The zero-order chi connectivity index (χ0) is 14.6. The second-order valence-electron chi connectivity index (χ2n) is 3.62. The van der Waals surface area contributed by atoms with E-state index in [0.29, 0.717) is 4.47 Å². The van der Waals surface area contributed by atoms with E-state index >= 15 is 0 Å². The molecule has 1 N–H and O–H groups in total. The molecule has 0 aliphatic carbocycles. The highest BCUT2D eigenvalue weighted by molar-refractivity contribution is 9.10. The van der Waals surface area contributed by atoms with E-state index in [9.17, 15) is 13.2 Å².